The smallest absolute Gasteiger partial charge is 0.136 e. The Morgan fingerprint density at radius 3 is 1.94 bits per heavy atom. The van der Waals surface area contributed by atoms with Crippen LogP contribution >= 0.6 is 0 Å². The lowest BCUT2D eigenvalue weighted by Gasteiger charge is -2.54. The van der Waals surface area contributed by atoms with Crippen LogP contribution in [0.4, 0.5) is 0 Å². The van der Waals surface area contributed by atoms with E-state index in [4.69, 9.17) is 0 Å². The maximum absolute atomic E-state index is 12.3. The van der Waals surface area contributed by atoms with Crippen molar-refractivity contribution in [1.29, 1.82) is 0 Å². The molecule has 0 heterocycles. The van der Waals surface area contributed by atoms with Crippen LogP contribution in [0.5, 0.6) is 0 Å². The van der Waals surface area contributed by atoms with Gasteiger partial charge in [-0.3, -0.25) is 4.79 Å². The summed E-state index contributed by atoms with van der Waals surface area (Å²) in [5, 5.41) is 0. The van der Waals surface area contributed by atoms with Crippen LogP contribution < -0.4 is 0 Å². The van der Waals surface area contributed by atoms with Gasteiger partial charge in [-0.15, -0.1) is 0 Å². The van der Waals surface area contributed by atoms with E-state index in [1.165, 1.54) is 32.1 Å². The van der Waals surface area contributed by atoms with Crippen LogP contribution in [0.15, 0.2) is 0 Å². The first-order valence-electron chi connectivity index (χ1n) is 7.16. The molecule has 4 aliphatic carbocycles. The summed E-state index contributed by atoms with van der Waals surface area (Å²) in [6.07, 6.45) is 7.82. The van der Waals surface area contributed by atoms with Gasteiger partial charge in [0.1, 0.15) is 5.78 Å². The zero-order valence-electron chi connectivity index (χ0n) is 10.6. The summed E-state index contributed by atoms with van der Waals surface area (Å²) < 4.78 is 0. The van der Waals surface area contributed by atoms with Crippen molar-refractivity contribution in [3.8, 4) is 0 Å². The van der Waals surface area contributed by atoms with Crippen molar-refractivity contribution in [2.24, 2.45) is 35.5 Å². The topological polar surface area (TPSA) is 17.1 Å². The summed E-state index contributed by atoms with van der Waals surface area (Å²) in [7, 11) is 0. The van der Waals surface area contributed by atoms with E-state index < -0.39 is 0 Å². The van der Waals surface area contributed by atoms with Gasteiger partial charge in [0.05, 0.1) is 0 Å². The summed E-state index contributed by atoms with van der Waals surface area (Å²) in [5.74, 6) is 5.16. The van der Waals surface area contributed by atoms with Crippen LogP contribution in [0.1, 0.15) is 52.4 Å². The molecular formula is C15H24O. The second-order valence-electron chi connectivity index (χ2n) is 7.02. The Morgan fingerprint density at radius 2 is 1.50 bits per heavy atom. The molecule has 0 aliphatic heterocycles. The van der Waals surface area contributed by atoms with E-state index in [-0.39, 0.29) is 0 Å². The van der Waals surface area contributed by atoms with E-state index in [0.29, 0.717) is 17.6 Å². The van der Waals surface area contributed by atoms with E-state index in [1.807, 2.05) is 0 Å². The van der Waals surface area contributed by atoms with Crippen molar-refractivity contribution in [2.45, 2.75) is 52.4 Å². The highest BCUT2D eigenvalue weighted by molar-refractivity contribution is 5.82. The van der Waals surface area contributed by atoms with Gasteiger partial charge in [0.25, 0.3) is 0 Å². The van der Waals surface area contributed by atoms with Crippen LogP contribution in [0.3, 0.4) is 0 Å². The normalized spacial score (nSPS) is 45.3. The fourth-order valence-corrected chi connectivity index (χ4v) is 4.99. The SMILES string of the molecule is CC(C)CC(=O)C1C2CC3CC(C2)CC1C3. The van der Waals surface area contributed by atoms with Gasteiger partial charge in [0.15, 0.2) is 0 Å². The zero-order chi connectivity index (χ0) is 11.3. The van der Waals surface area contributed by atoms with Gasteiger partial charge < -0.3 is 0 Å². The van der Waals surface area contributed by atoms with Crippen LogP contribution in [0.2, 0.25) is 0 Å². The molecule has 0 atom stereocenters. The van der Waals surface area contributed by atoms with Gasteiger partial charge in [-0.1, -0.05) is 13.8 Å². The molecule has 0 amide bonds. The molecule has 0 aromatic heterocycles. The third-order valence-electron chi connectivity index (χ3n) is 5.21. The van der Waals surface area contributed by atoms with Gasteiger partial charge >= 0.3 is 0 Å². The largest absolute Gasteiger partial charge is 0.299 e. The van der Waals surface area contributed by atoms with Crippen molar-refractivity contribution in [3.05, 3.63) is 0 Å². The molecule has 0 saturated heterocycles. The quantitative estimate of drug-likeness (QED) is 0.709. The number of carbonyl (C=O) groups excluding carboxylic acids is 1. The molecule has 90 valence electrons. The van der Waals surface area contributed by atoms with Crippen molar-refractivity contribution in [2.75, 3.05) is 0 Å². The molecule has 0 spiro atoms. The highest BCUT2D eigenvalue weighted by atomic mass is 16.1. The van der Waals surface area contributed by atoms with Crippen LogP contribution in [0.25, 0.3) is 0 Å². The molecule has 0 N–H and O–H groups in total. The summed E-state index contributed by atoms with van der Waals surface area (Å²) in [5.41, 5.74) is 0. The molecule has 4 fully saturated rings. The van der Waals surface area contributed by atoms with Gasteiger partial charge in [0, 0.05) is 12.3 Å². The minimum absolute atomic E-state index is 0.468. The molecule has 4 bridgehead atoms. The molecule has 0 unspecified atom stereocenters. The lowest BCUT2D eigenvalue weighted by Crippen LogP contribution is -2.48. The van der Waals surface area contributed by atoms with E-state index in [2.05, 4.69) is 13.8 Å². The molecule has 16 heavy (non-hydrogen) atoms. The van der Waals surface area contributed by atoms with Gasteiger partial charge in [-0.05, 0) is 61.7 Å². The molecule has 4 aliphatic rings. The lowest BCUT2D eigenvalue weighted by atomic mass is 9.51. The molecule has 0 radical (unpaired) electrons. The van der Waals surface area contributed by atoms with E-state index >= 15 is 0 Å². The van der Waals surface area contributed by atoms with Crippen molar-refractivity contribution < 1.29 is 4.79 Å². The standard InChI is InChI=1S/C15H24O/c1-9(2)3-14(16)15-12-5-10-4-11(7-12)8-13(15)6-10/h9-13,15H,3-8H2,1-2H3. The van der Waals surface area contributed by atoms with Gasteiger partial charge in [0.2, 0.25) is 0 Å². The van der Waals surface area contributed by atoms with Crippen molar-refractivity contribution in [3.63, 3.8) is 0 Å². The second-order valence-corrected chi connectivity index (χ2v) is 7.02. The van der Waals surface area contributed by atoms with Crippen LogP contribution in [0, 0.1) is 35.5 Å². The molecular weight excluding hydrogens is 196 g/mol. The van der Waals surface area contributed by atoms with Crippen LogP contribution in [-0.4, -0.2) is 5.78 Å². The van der Waals surface area contributed by atoms with Gasteiger partial charge in [-0.2, -0.15) is 0 Å². The van der Waals surface area contributed by atoms with E-state index in [1.54, 1.807) is 0 Å². The minimum atomic E-state index is 0.468. The highest BCUT2D eigenvalue weighted by Gasteiger charge is 2.50. The fraction of sp³-hybridized carbons (Fsp3) is 0.933. The number of Topliss-reactive ketones (excluding diaryl/α,β-unsaturated/α-hetero) is 1. The van der Waals surface area contributed by atoms with Crippen molar-refractivity contribution in [1.82, 2.24) is 0 Å². The van der Waals surface area contributed by atoms with Crippen molar-refractivity contribution >= 4 is 5.78 Å². The molecule has 1 heteroatoms. The van der Waals surface area contributed by atoms with E-state index in [0.717, 1.165) is 30.1 Å². The molecule has 0 aromatic carbocycles. The Balaban J connectivity index is 1.74. The highest BCUT2D eigenvalue weighted by Crippen LogP contribution is 2.56. The third-order valence-corrected chi connectivity index (χ3v) is 5.21. The Bertz CT molecular complexity index is 264. The molecule has 4 saturated carbocycles. The van der Waals surface area contributed by atoms with E-state index in [9.17, 15) is 4.79 Å². The Kier molecular flexibility index (Phi) is 2.60. The second kappa shape index (κ2) is 3.85. The third kappa shape index (κ3) is 1.72. The minimum Gasteiger partial charge on any atom is -0.299 e. The number of hydrogen-bond donors (Lipinski definition) is 0. The Hall–Kier alpha value is -0.330. The van der Waals surface area contributed by atoms with Gasteiger partial charge in [-0.25, -0.2) is 0 Å². The first kappa shape index (κ1) is 10.8. The maximum atomic E-state index is 12.3. The summed E-state index contributed by atoms with van der Waals surface area (Å²) in [6, 6.07) is 0. The summed E-state index contributed by atoms with van der Waals surface area (Å²) in [6.45, 7) is 4.35. The number of rotatable bonds is 3. The monoisotopic (exact) mass is 220 g/mol. The average molecular weight is 220 g/mol. The zero-order valence-corrected chi connectivity index (χ0v) is 10.6. The maximum Gasteiger partial charge on any atom is 0.136 e. The lowest BCUT2D eigenvalue weighted by molar-refractivity contribution is -0.136. The number of carbonyl (C=O) groups is 1. The summed E-state index contributed by atoms with van der Waals surface area (Å²) in [4.78, 5) is 12.3. The predicted molar refractivity (Wildman–Crippen MR) is 65.0 cm³/mol. The molecule has 0 aromatic rings. The predicted octanol–water partition coefficient (Wildman–Crippen LogP) is 3.67. The molecule has 4 rings (SSSR count). The summed E-state index contributed by atoms with van der Waals surface area (Å²) >= 11 is 0. The fourth-order valence-electron chi connectivity index (χ4n) is 4.99. The number of hydrogen-bond acceptors (Lipinski definition) is 1. The Morgan fingerprint density at radius 1 is 1.00 bits per heavy atom. The molecule has 1 nitrogen and oxygen atoms in total. The van der Waals surface area contributed by atoms with Crippen LogP contribution in [-0.2, 0) is 4.79 Å². The number of ketones is 1. The Labute approximate surface area is 99.0 Å². The first-order valence-corrected chi connectivity index (χ1v) is 7.16. The first-order chi connectivity index (χ1) is 7.63. The average Bonchev–Trinajstić information content (AvgIpc) is 2.13.